The SMILES string of the molecule is C[C@@H](C1CC1)n1ncc2[nH]c(-c3ccc(O)cc3Cl)nc21. The van der Waals surface area contributed by atoms with Crippen molar-refractivity contribution in [3.63, 3.8) is 0 Å². The number of aromatic amines is 1. The summed E-state index contributed by atoms with van der Waals surface area (Å²) < 4.78 is 1.99. The van der Waals surface area contributed by atoms with Crippen LogP contribution in [0, 0.1) is 5.92 Å². The van der Waals surface area contributed by atoms with Crippen LogP contribution >= 0.6 is 11.6 Å². The summed E-state index contributed by atoms with van der Waals surface area (Å²) in [6.45, 7) is 2.19. The fourth-order valence-electron chi connectivity index (χ4n) is 2.72. The number of fused-ring (bicyclic) bond motifs is 1. The molecule has 5 nitrogen and oxygen atoms in total. The molecule has 0 radical (unpaired) electrons. The van der Waals surface area contributed by atoms with Gasteiger partial charge in [-0.1, -0.05) is 11.6 Å². The highest BCUT2D eigenvalue weighted by molar-refractivity contribution is 6.33. The first kappa shape index (κ1) is 12.7. The third kappa shape index (κ3) is 2.08. The summed E-state index contributed by atoms with van der Waals surface area (Å²) in [4.78, 5) is 7.89. The molecule has 0 unspecified atom stereocenters. The van der Waals surface area contributed by atoms with Crippen LogP contribution < -0.4 is 0 Å². The quantitative estimate of drug-likeness (QED) is 0.774. The van der Waals surface area contributed by atoms with Crippen molar-refractivity contribution < 1.29 is 5.11 Å². The van der Waals surface area contributed by atoms with Crippen LogP contribution in [0.5, 0.6) is 5.75 Å². The maximum absolute atomic E-state index is 9.44. The summed E-state index contributed by atoms with van der Waals surface area (Å²) in [5.41, 5.74) is 2.53. The minimum atomic E-state index is 0.147. The molecule has 1 saturated carbocycles. The Morgan fingerprint density at radius 2 is 2.24 bits per heavy atom. The lowest BCUT2D eigenvalue weighted by Crippen LogP contribution is -2.08. The van der Waals surface area contributed by atoms with Gasteiger partial charge in [0.2, 0.25) is 0 Å². The Kier molecular flexibility index (Phi) is 2.72. The molecule has 2 heterocycles. The first-order chi connectivity index (χ1) is 10.1. The molecule has 2 N–H and O–H groups in total. The molecule has 0 aliphatic heterocycles. The Balaban J connectivity index is 1.80. The van der Waals surface area contributed by atoms with Gasteiger partial charge in [-0.15, -0.1) is 0 Å². The van der Waals surface area contributed by atoms with Crippen molar-refractivity contribution in [3.8, 4) is 17.1 Å². The molecular formula is C15H15ClN4O. The number of hydrogen-bond donors (Lipinski definition) is 2. The van der Waals surface area contributed by atoms with Crippen LogP contribution in [0.1, 0.15) is 25.8 Å². The molecule has 108 valence electrons. The molecule has 2 aromatic heterocycles. The first-order valence-electron chi connectivity index (χ1n) is 7.05. The number of H-pyrrole nitrogens is 1. The summed E-state index contributed by atoms with van der Waals surface area (Å²) in [7, 11) is 0. The van der Waals surface area contributed by atoms with E-state index in [4.69, 9.17) is 11.6 Å². The third-order valence-electron chi connectivity index (χ3n) is 4.14. The van der Waals surface area contributed by atoms with Crippen LogP contribution in [0.3, 0.4) is 0 Å². The molecule has 4 rings (SSSR count). The maximum Gasteiger partial charge on any atom is 0.177 e. The van der Waals surface area contributed by atoms with Crippen LogP contribution in [0.25, 0.3) is 22.6 Å². The van der Waals surface area contributed by atoms with Gasteiger partial charge in [-0.05, 0) is 43.9 Å². The summed E-state index contributed by atoms with van der Waals surface area (Å²) in [5, 5.41) is 14.4. The lowest BCUT2D eigenvalue weighted by molar-refractivity contribution is 0.451. The Bertz CT molecular complexity index is 818. The summed E-state index contributed by atoms with van der Waals surface area (Å²) in [6.07, 6.45) is 4.34. The molecule has 1 aliphatic rings. The summed E-state index contributed by atoms with van der Waals surface area (Å²) in [5.74, 6) is 1.56. The normalized spacial score (nSPS) is 16.5. The maximum atomic E-state index is 9.44. The number of nitrogens with zero attached hydrogens (tertiary/aromatic N) is 3. The minimum Gasteiger partial charge on any atom is -0.508 e. The van der Waals surface area contributed by atoms with Crippen molar-refractivity contribution >= 4 is 22.8 Å². The molecule has 1 fully saturated rings. The third-order valence-corrected chi connectivity index (χ3v) is 4.45. The van der Waals surface area contributed by atoms with Gasteiger partial charge < -0.3 is 10.1 Å². The van der Waals surface area contributed by atoms with Crippen molar-refractivity contribution in [2.45, 2.75) is 25.8 Å². The predicted molar refractivity (Wildman–Crippen MR) is 81.4 cm³/mol. The topological polar surface area (TPSA) is 66.7 Å². The molecular weight excluding hydrogens is 288 g/mol. The zero-order chi connectivity index (χ0) is 14.6. The van der Waals surface area contributed by atoms with E-state index in [0.29, 0.717) is 22.8 Å². The molecule has 21 heavy (non-hydrogen) atoms. The number of nitrogens with one attached hydrogen (secondary N) is 1. The molecule has 6 heteroatoms. The number of phenolic OH excluding ortho intramolecular Hbond substituents is 1. The van der Waals surface area contributed by atoms with E-state index < -0.39 is 0 Å². The zero-order valence-corrected chi connectivity index (χ0v) is 12.3. The second-order valence-corrected chi connectivity index (χ2v) is 6.06. The Morgan fingerprint density at radius 3 is 2.95 bits per heavy atom. The predicted octanol–water partition coefficient (Wildman–Crippen LogP) is 3.76. The van der Waals surface area contributed by atoms with Gasteiger partial charge in [0.1, 0.15) is 17.1 Å². The Labute approximate surface area is 126 Å². The van der Waals surface area contributed by atoms with Crippen LogP contribution in [-0.4, -0.2) is 24.9 Å². The van der Waals surface area contributed by atoms with Crippen LogP contribution in [0.15, 0.2) is 24.4 Å². The number of phenols is 1. The highest BCUT2D eigenvalue weighted by atomic mass is 35.5. The minimum absolute atomic E-state index is 0.147. The molecule has 0 bridgehead atoms. The number of imidazole rings is 1. The van der Waals surface area contributed by atoms with Crippen molar-refractivity contribution in [1.82, 2.24) is 19.7 Å². The van der Waals surface area contributed by atoms with Gasteiger partial charge in [0, 0.05) is 5.56 Å². The average molecular weight is 303 g/mol. The standard InChI is InChI=1S/C15H15ClN4O/c1-8(9-2-3-9)20-15-13(7-17-20)18-14(19-15)11-5-4-10(21)6-12(11)16/h4-9,21H,2-3H2,1H3,(H,18,19)/t8-/m0/s1. The molecule has 3 aromatic rings. The van der Waals surface area contributed by atoms with Crippen LogP contribution in [0.4, 0.5) is 0 Å². The monoisotopic (exact) mass is 302 g/mol. The van der Waals surface area contributed by atoms with Gasteiger partial charge in [-0.25, -0.2) is 9.67 Å². The average Bonchev–Trinajstić information content (AvgIpc) is 3.10. The van der Waals surface area contributed by atoms with E-state index in [1.807, 2.05) is 4.68 Å². The Morgan fingerprint density at radius 1 is 1.43 bits per heavy atom. The second-order valence-electron chi connectivity index (χ2n) is 5.65. The number of aromatic hydroxyl groups is 1. The van der Waals surface area contributed by atoms with Gasteiger partial charge in [-0.2, -0.15) is 5.10 Å². The molecule has 0 saturated heterocycles. The van der Waals surface area contributed by atoms with E-state index in [0.717, 1.165) is 16.7 Å². The highest BCUT2D eigenvalue weighted by Gasteiger charge is 2.31. The first-order valence-corrected chi connectivity index (χ1v) is 7.43. The lowest BCUT2D eigenvalue weighted by atomic mass is 10.2. The lowest BCUT2D eigenvalue weighted by Gasteiger charge is -2.10. The van der Waals surface area contributed by atoms with E-state index in [-0.39, 0.29) is 5.75 Å². The van der Waals surface area contributed by atoms with Gasteiger partial charge in [-0.3, -0.25) is 0 Å². The number of aromatic nitrogens is 4. The van der Waals surface area contributed by atoms with E-state index in [9.17, 15) is 5.11 Å². The van der Waals surface area contributed by atoms with Crippen molar-refractivity contribution in [2.24, 2.45) is 5.92 Å². The number of rotatable bonds is 3. The van der Waals surface area contributed by atoms with Gasteiger partial charge in [0.05, 0.1) is 17.3 Å². The molecule has 1 aliphatic carbocycles. The van der Waals surface area contributed by atoms with Gasteiger partial charge in [0.15, 0.2) is 5.65 Å². The zero-order valence-electron chi connectivity index (χ0n) is 11.5. The van der Waals surface area contributed by atoms with Crippen molar-refractivity contribution in [2.75, 3.05) is 0 Å². The van der Waals surface area contributed by atoms with E-state index in [1.165, 1.54) is 18.9 Å². The number of halogens is 1. The van der Waals surface area contributed by atoms with Crippen LogP contribution in [-0.2, 0) is 0 Å². The summed E-state index contributed by atoms with van der Waals surface area (Å²) in [6, 6.07) is 5.25. The molecule has 1 aromatic carbocycles. The van der Waals surface area contributed by atoms with Crippen LogP contribution in [0.2, 0.25) is 5.02 Å². The molecule has 0 amide bonds. The largest absolute Gasteiger partial charge is 0.508 e. The highest BCUT2D eigenvalue weighted by Crippen LogP contribution is 2.40. The van der Waals surface area contributed by atoms with Gasteiger partial charge in [0.25, 0.3) is 0 Å². The fourth-order valence-corrected chi connectivity index (χ4v) is 2.98. The second kappa shape index (κ2) is 4.49. The smallest absolute Gasteiger partial charge is 0.177 e. The van der Waals surface area contributed by atoms with E-state index >= 15 is 0 Å². The molecule has 0 spiro atoms. The van der Waals surface area contributed by atoms with Crippen molar-refractivity contribution in [3.05, 3.63) is 29.4 Å². The number of hydrogen-bond acceptors (Lipinski definition) is 3. The molecule has 1 atom stereocenters. The van der Waals surface area contributed by atoms with E-state index in [2.05, 4.69) is 22.0 Å². The summed E-state index contributed by atoms with van der Waals surface area (Å²) >= 11 is 6.18. The van der Waals surface area contributed by atoms with E-state index in [1.54, 1.807) is 18.3 Å². The van der Waals surface area contributed by atoms with Crippen molar-refractivity contribution in [1.29, 1.82) is 0 Å². The fraction of sp³-hybridized carbons (Fsp3) is 0.333. The van der Waals surface area contributed by atoms with Gasteiger partial charge >= 0.3 is 0 Å². The Hall–Kier alpha value is -2.01. The number of benzene rings is 1.